The van der Waals surface area contributed by atoms with Gasteiger partial charge in [0.2, 0.25) is 5.91 Å². The van der Waals surface area contributed by atoms with Gasteiger partial charge in [0.15, 0.2) is 0 Å². The van der Waals surface area contributed by atoms with Crippen LogP contribution in [-0.4, -0.2) is 63.6 Å². The molecular weight excluding hydrogens is 442 g/mol. The summed E-state index contributed by atoms with van der Waals surface area (Å²) >= 11 is 1.24. The molecule has 170 valence electrons. The van der Waals surface area contributed by atoms with Crippen molar-refractivity contribution in [2.75, 3.05) is 17.7 Å². The number of ether oxygens (including phenoxy) is 1. The van der Waals surface area contributed by atoms with Gasteiger partial charge in [0.25, 0.3) is 5.91 Å². The summed E-state index contributed by atoms with van der Waals surface area (Å²) in [5.41, 5.74) is 11.9. The molecule has 12 nitrogen and oxygen atoms in total. The molecule has 3 rings (SSSR count). The molecule has 0 aromatic heterocycles. The molecule has 1 aromatic rings. The first-order valence-corrected chi connectivity index (χ1v) is 10.4. The van der Waals surface area contributed by atoms with Crippen LogP contribution < -0.4 is 22.1 Å². The predicted octanol–water partition coefficient (Wildman–Crippen LogP) is -0.521. The number of nitrogens with two attached hydrogens (primary N) is 2. The molecule has 0 saturated carbocycles. The number of carbonyl (C=O) groups is 5. The number of fused-ring (bicyclic) bond motifs is 1. The minimum absolute atomic E-state index is 0.211. The molecule has 2 aliphatic rings. The number of esters is 1. The lowest BCUT2D eigenvalue weighted by atomic mass is 10.0. The third-order valence-corrected chi connectivity index (χ3v) is 6.13. The number of nitrogens with one attached hydrogen (secondary N) is 2. The fourth-order valence-electron chi connectivity index (χ4n) is 3.33. The van der Waals surface area contributed by atoms with Gasteiger partial charge < -0.3 is 31.9 Å². The smallest absolute Gasteiger partial charge is 0.352 e. The van der Waals surface area contributed by atoms with Crippen molar-refractivity contribution in [3.05, 3.63) is 41.1 Å². The van der Waals surface area contributed by atoms with Crippen molar-refractivity contribution in [2.24, 2.45) is 11.5 Å². The average Bonchev–Trinajstić information content (AvgIpc) is 2.73. The highest BCUT2D eigenvalue weighted by atomic mass is 32.2. The second kappa shape index (κ2) is 9.28. The number of primary amides is 1. The molecule has 0 radical (unpaired) electrons. The van der Waals surface area contributed by atoms with E-state index in [4.69, 9.17) is 16.2 Å². The van der Waals surface area contributed by atoms with Crippen LogP contribution in [0.25, 0.3) is 0 Å². The highest BCUT2D eigenvalue weighted by Gasteiger charge is 2.54. The minimum Gasteiger partial charge on any atom is -0.477 e. The zero-order chi connectivity index (χ0) is 23.6. The molecule has 13 heteroatoms. The average molecular weight is 463 g/mol. The molecule has 2 heterocycles. The first-order valence-electron chi connectivity index (χ1n) is 9.36. The number of carboxylic acids is 1. The van der Waals surface area contributed by atoms with Gasteiger partial charge in [-0.25, -0.2) is 9.59 Å². The Morgan fingerprint density at radius 1 is 1.34 bits per heavy atom. The Labute approximate surface area is 186 Å². The normalized spacial score (nSPS) is 20.6. The number of thioether (sulfide) groups is 1. The molecule has 0 bridgehead atoms. The summed E-state index contributed by atoms with van der Waals surface area (Å²) in [7, 11) is 0. The number of nitrogens with zero attached hydrogens (tertiary/aromatic N) is 1. The number of rotatable bonds is 7. The summed E-state index contributed by atoms with van der Waals surface area (Å²) in [5, 5.41) is 13.9. The lowest BCUT2D eigenvalue weighted by Crippen LogP contribution is -2.71. The summed E-state index contributed by atoms with van der Waals surface area (Å²) in [4.78, 5) is 60.2. The van der Waals surface area contributed by atoms with Gasteiger partial charge >= 0.3 is 18.0 Å². The topological polar surface area (TPSA) is 194 Å². The number of anilines is 1. The summed E-state index contributed by atoms with van der Waals surface area (Å²) in [6.45, 7) is 0.959. The van der Waals surface area contributed by atoms with Gasteiger partial charge in [-0.3, -0.25) is 19.3 Å². The van der Waals surface area contributed by atoms with Crippen LogP contribution in [-0.2, 0) is 23.9 Å². The summed E-state index contributed by atoms with van der Waals surface area (Å²) < 4.78 is 4.88. The Morgan fingerprint density at radius 2 is 2.06 bits per heavy atom. The summed E-state index contributed by atoms with van der Waals surface area (Å²) in [6, 6.07) is 3.32. The van der Waals surface area contributed by atoms with E-state index in [1.807, 2.05) is 0 Å². The number of aliphatic carboxylic acids is 1. The Morgan fingerprint density at radius 3 is 2.69 bits per heavy atom. The number of β-lactam (4-membered cyclic amide) rings is 1. The minimum atomic E-state index is -1.33. The van der Waals surface area contributed by atoms with Crippen molar-refractivity contribution in [3.8, 4) is 0 Å². The SMILES string of the molecule is CC(=O)OCC1=C(C(=O)O)N2C(=O)C(NC(=O)C(N)c3cccc(NC(N)=O)c3)[C@@H]2SC1. The quantitative estimate of drug-likeness (QED) is 0.261. The lowest BCUT2D eigenvalue weighted by molar-refractivity contribution is -0.151. The third kappa shape index (κ3) is 4.68. The maximum Gasteiger partial charge on any atom is 0.352 e. The van der Waals surface area contributed by atoms with Crippen molar-refractivity contribution in [2.45, 2.75) is 24.4 Å². The number of carboxylic acid groups (broad SMARTS) is 1. The van der Waals surface area contributed by atoms with E-state index in [-0.39, 0.29) is 18.1 Å². The van der Waals surface area contributed by atoms with Crippen LogP contribution in [0.4, 0.5) is 10.5 Å². The van der Waals surface area contributed by atoms with E-state index in [1.54, 1.807) is 18.2 Å². The van der Waals surface area contributed by atoms with E-state index in [9.17, 15) is 29.1 Å². The number of hydrogen-bond acceptors (Lipinski definition) is 8. The Kier molecular flexibility index (Phi) is 6.69. The Balaban J connectivity index is 1.71. The van der Waals surface area contributed by atoms with Crippen LogP contribution in [0.2, 0.25) is 0 Å². The van der Waals surface area contributed by atoms with E-state index in [1.165, 1.54) is 24.8 Å². The van der Waals surface area contributed by atoms with E-state index in [0.717, 1.165) is 4.90 Å². The predicted molar refractivity (Wildman–Crippen MR) is 113 cm³/mol. The zero-order valence-electron chi connectivity index (χ0n) is 16.9. The van der Waals surface area contributed by atoms with Gasteiger partial charge in [-0.1, -0.05) is 12.1 Å². The van der Waals surface area contributed by atoms with Crippen molar-refractivity contribution >= 4 is 47.2 Å². The summed E-state index contributed by atoms with van der Waals surface area (Å²) in [6.07, 6.45) is 0. The van der Waals surface area contributed by atoms with Crippen molar-refractivity contribution in [3.63, 3.8) is 0 Å². The van der Waals surface area contributed by atoms with Crippen LogP contribution in [0.1, 0.15) is 18.5 Å². The maximum absolute atomic E-state index is 12.7. The van der Waals surface area contributed by atoms with Crippen LogP contribution in [0.3, 0.4) is 0 Å². The van der Waals surface area contributed by atoms with E-state index >= 15 is 0 Å². The second-order valence-corrected chi connectivity index (χ2v) is 8.13. The Hall–Kier alpha value is -3.58. The molecule has 2 unspecified atom stereocenters. The molecule has 2 aliphatic heterocycles. The van der Waals surface area contributed by atoms with Gasteiger partial charge in [0.05, 0.1) is 0 Å². The lowest BCUT2D eigenvalue weighted by Gasteiger charge is -2.49. The molecule has 1 fully saturated rings. The molecule has 0 spiro atoms. The third-order valence-electron chi connectivity index (χ3n) is 4.79. The van der Waals surface area contributed by atoms with Crippen LogP contribution in [0.5, 0.6) is 0 Å². The number of carbonyl (C=O) groups excluding carboxylic acids is 4. The fraction of sp³-hybridized carbons (Fsp3) is 0.316. The van der Waals surface area contributed by atoms with Gasteiger partial charge in [-0.2, -0.15) is 0 Å². The molecule has 32 heavy (non-hydrogen) atoms. The Bertz CT molecular complexity index is 1030. The first kappa shape index (κ1) is 23.1. The highest BCUT2D eigenvalue weighted by molar-refractivity contribution is 8.00. The monoisotopic (exact) mass is 463 g/mol. The molecular formula is C19H21N5O7S. The van der Waals surface area contributed by atoms with Crippen LogP contribution in [0.15, 0.2) is 35.5 Å². The van der Waals surface area contributed by atoms with Crippen molar-refractivity contribution in [1.29, 1.82) is 0 Å². The standard InChI is InChI=1S/C19H21N5O7S/c1-8(25)31-6-10-7-32-17-13(16(27)24(17)14(10)18(28)29)23-15(26)12(20)9-3-2-4-11(5-9)22-19(21)30/h2-5,12-13,17H,6-7,20H2,1H3,(H,23,26)(H,28,29)(H3,21,22,30)/t12?,13?,17-/m0/s1. The molecule has 7 N–H and O–H groups in total. The number of benzene rings is 1. The first-order chi connectivity index (χ1) is 15.1. The van der Waals surface area contributed by atoms with E-state index in [2.05, 4.69) is 10.6 Å². The highest BCUT2D eigenvalue weighted by Crippen LogP contribution is 2.40. The number of hydrogen-bond donors (Lipinski definition) is 5. The number of urea groups is 1. The number of amides is 4. The van der Waals surface area contributed by atoms with Crippen LogP contribution in [0, 0.1) is 0 Å². The van der Waals surface area contributed by atoms with Gasteiger partial charge in [0.1, 0.15) is 29.8 Å². The summed E-state index contributed by atoms with van der Waals surface area (Å²) in [5.74, 6) is -2.94. The molecule has 1 aromatic carbocycles. The van der Waals surface area contributed by atoms with Gasteiger partial charge in [0, 0.05) is 23.9 Å². The van der Waals surface area contributed by atoms with Crippen molar-refractivity contribution < 1.29 is 33.8 Å². The second-order valence-electron chi connectivity index (χ2n) is 7.03. The van der Waals surface area contributed by atoms with Crippen LogP contribution >= 0.6 is 11.8 Å². The molecule has 0 aliphatic carbocycles. The fourth-order valence-corrected chi connectivity index (χ4v) is 4.66. The largest absolute Gasteiger partial charge is 0.477 e. The zero-order valence-corrected chi connectivity index (χ0v) is 17.7. The van der Waals surface area contributed by atoms with E-state index < -0.39 is 47.2 Å². The van der Waals surface area contributed by atoms with E-state index in [0.29, 0.717) is 16.8 Å². The van der Waals surface area contributed by atoms with Crippen molar-refractivity contribution in [1.82, 2.24) is 10.2 Å². The molecule has 1 saturated heterocycles. The molecule has 3 atom stereocenters. The van der Waals surface area contributed by atoms with Gasteiger partial charge in [-0.15, -0.1) is 11.8 Å². The molecule has 4 amide bonds. The van der Waals surface area contributed by atoms with Gasteiger partial charge in [-0.05, 0) is 17.7 Å². The maximum atomic E-state index is 12.7.